The number of aromatic nitrogens is 2. The van der Waals surface area contributed by atoms with E-state index in [1.165, 1.54) is 11.0 Å². The summed E-state index contributed by atoms with van der Waals surface area (Å²) in [5, 5.41) is 6.76. The maximum absolute atomic E-state index is 13.3. The fourth-order valence-corrected chi connectivity index (χ4v) is 2.21. The molecule has 0 aliphatic carbocycles. The number of aromatic amines is 1. The smallest absolute Gasteiger partial charge is 0.257 e. The molecule has 0 aliphatic rings. The van der Waals surface area contributed by atoms with Crippen LogP contribution in [0.2, 0.25) is 0 Å². The molecule has 1 amide bonds. The number of carbonyl (C=O) groups is 1. The van der Waals surface area contributed by atoms with Crippen molar-refractivity contribution < 1.29 is 13.6 Å². The van der Waals surface area contributed by atoms with E-state index in [-0.39, 0.29) is 11.9 Å². The normalized spacial score (nSPS) is 12.3. The van der Waals surface area contributed by atoms with Crippen LogP contribution in [0, 0.1) is 25.5 Å². The molecule has 112 valence electrons. The average molecular weight is 293 g/mol. The third-order valence-electron chi connectivity index (χ3n) is 3.67. The molecule has 1 N–H and O–H groups in total. The first kappa shape index (κ1) is 15.2. The minimum absolute atomic E-state index is 0.212. The molecule has 1 atom stereocenters. The summed E-state index contributed by atoms with van der Waals surface area (Å²) < 4.78 is 26.3. The summed E-state index contributed by atoms with van der Waals surface area (Å²) in [4.78, 5) is 14.0. The SMILES string of the molecule is Cc1n[nH]c(C)c1C(=O)N(C)C(C)c1ccc(F)c(F)c1. The highest BCUT2D eigenvalue weighted by atomic mass is 19.2. The summed E-state index contributed by atoms with van der Waals surface area (Å²) >= 11 is 0. The first-order valence-electron chi connectivity index (χ1n) is 6.56. The van der Waals surface area contributed by atoms with Gasteiger partial charge in [-0.25, -0.2) is 8.78 Å². The van der Waals surface area contributed by atoms with E-state index in [4.69, 9.17) is 0 Å². The second kappa shape index (κ2) is 5.63. The lowest BCUT2D eigenvalue weighted by molar-refractivity contribution is 0.0741. The molecule has 1 heterocycles. The van der Waals surface area contributed by atoms with Crippen molar-refractivity contribution >= 4 is 5.91 Å². The largest absolute Gasteiger partial charge is 0.335 e. The van der Waals surface area contributed by atoms with E-state index in [0.717, 1.165) is 12.1 Å². The van der Waals surface area contributed by atoms with Crippen LogP contribution in [0.4, 0.5) is 8.78 Å². The third kappa shape index (κ3) is 2.79. The van der Waals surface area contributed by atoms with Crippen molar-refractivity contribution in [1.29, 1.82) is 0 Å². The van der Waals surface area contributed by atoms with Crippen molar-refractivity contribution in [3.63, 3.8) is 0 Å². The average Bonchev–Trinajstić information content (AvgIpc) is 2.79. The lowest BCUT2D eigenvalue weighted by Gasteiger charge is -2.25. The predicted octanol–water partition coefficient (Wildman–Crippen LogP) is 3.14. The van der Waals surface area contributed by atoms with E-state index in [1.807, 2.05) is 0 Å². The van der Waals surface area contributed by atoms with Crippen molar-refractivity contribution in [2.75, 3.05) is 7.05 Å². The van der Waals surface area contributed by atoms with Crippen LogP contribution in [0.15, 0.2) is 18.2 Å². The number of nitrogens with one attached hydrogen (secondary N) is 1. The number of hydrogen-bond acceptors (Lipinski definition) is 2. The van der Waals surface area contributed by atoms with Gasteiger partial charge in [0, 0.05) is 12.7 Å². The molecule has 0 radical (unpaired) electrons. The zero-order valence-electron chi connectivity index (χ0n) is 12.4. The minimum atomic E-state index is -0.920. The molecule has 1 aromatic carbocycles. The number of amides is 1. The molecule has 1 aromatic heterocycles. The van der Waals surface area contributed by atoms with Crippen LogP contribution in [0.1, 0.15) is 40.3 Å². The highest BCUT2D eigenvalue weighted by Gasteiger charge is 2.24. The summed E-state index contributed by atoms with van der Waals surface area (Å²) in [6, 6.07) is 3.26. The van der Waals surface area contributed by atoms with Crippen LogP contribution < -0.4 is 0 Å². The summed E-state index contributed by atoms with van der Waals surface area (Å²) in [6.45, 7) is 5.27. The highest BCUT2D eigenvalue weighted by Crippen LogP contribution is 2.23. The van der Waals surface area contributed by atoms with Gasteiger partial charge >= 0.3 is 0 Å². The van der Waals surface area contributed by atoms with Crippen LogP contribution in [0.5, 0.6) is 0 Å². The van der Waals surface area contributed by atoms with E-state index >= 15 is 0 Å². The van der Waals surface area contributed by atoms with Gasteiger partial charge in [-0.15, -0.1) is 0 Å². The maximum atomic E-state index is 13.3. The standard InChI is InChI=1S/C15H17F2N3O/c1-8-14(9(2)19-18-8)15(21)20(4)10(3)11-5-6-12(16)13(17)7-11/h5-7,10H,1-4H3,(H,18,19). The van der Waals surface area contributed by atoms with Gasteiger partial charge in [-0.05, 0) is 38.5 Å². The summed E-state index contributed by atoms with van der Waals surface area (Å²) in [6.07, 6.45) is 0. The Kier molecular flexibility index (Phi) is 4.06. The first-order chi connectivity index (χ1) is 9.82. The minimum Gasteiger partial charge on any atom is -0.335 e. The Labute approximate surface area is 121 Å². The van der Waals surface area contributed by atoms with E-state index in [1.54, 1.807) is 27.8 Å². The van der Waals surface area contributed by atoms with Gasteiger partial charge in [0.2, 0.25) is 0 Å². The Morgan fingerprint density at radius 1 is 1.29 bits per heavy atom. The second-order valence-electron chi connectivity index (χ2n) is 5.07. The van der Waals surface area contributed by atoms with Crippen LogP contribution in [0.3, 0.4) is 0 Å². The summed E-state index contributed by atoms with van der Waals surface area (Å²) in [7, 11) is 1.63. The Morgan fingerprint density at radius 2 is 1.95 bits per heavy atom. The fraction of sp³-hybridized carbons (Fsp3) is 0.333. The third-order valence-corrected chi connectivity index (χ3v) is 3.67. The van der Waals surface area contributed by atoms with E-state index < -0.39 is 11.6 Å². The van der Waals surface area contributed by atoms with Crippen LogP contribution in [-0.4, -0.2) is 28.1 Å². The molecule has 0 fully saturated rings. The van der Waals surface area contributed by atoms with Gasteiger partial charge < -0.3 is 4.90 Å². The van der Waals surface area contributed by atoms with Crippen molar-refractivity contribution in [3.05, 3.63) is 52.3 Å². The number of hydrogen-bond donors (Lipinski definition) is 1. The number of halogens is 2. The van der Waals surface area contributed by atoms with Gasteiger partial charge in [-0.2, -0.15) is 5.10 Å². The van der Waals surface area contributed by atoms with Crippen molar-refractivity contribution in [1.82, 2.24) is 15.1 Å². The molecular weight excluding hydrogens is 276 g/mol. The van der Waals surface area contributed by atoms with Crippen LogP contribution in [0.25, 0.3) is 0 Å². The summed E-state index contributed by atoms with van der Waals surface area (Å²) in [5.74, 6) is -2.03. The first-order valence-corrected chi connectivity index (χ1v) is 6.56. The number of benzene rings is 1. The molecule has 2 rings (SSSR count). The van der Waals surface area contributed by atoms with Crippen LogP contribution in [-0.2, 0) is 0 Å². The Hall–Kier alpha value is -2.24. The molecule has 0 spiro atoms. The number of nitrogens with zero attached hydrogens (tertiary/aromatic N) is 2. The zero-order chi connectivity index (χ0) is 15.7. The molecule has 21 heavy (non-hydrogen) atoms. The Morgan fingerprint density at radius 3 is 2.48 bits per heavy atom. The lowest BCUT2D eigenvalue weighted by atomic mass is 10.1. The Bertz CT molecular complexity index is 662. The zero-order valence-corrected chi connectivity index (χ0v) is 12.4. The van der Waals surface area contributed by atoms with Gasteiger partial charge in [0.15, 0.2) is 11.6 Å². The maximum Gasteiger partial charge on any atom is 0.257 e. The van der Waals surface area contributed by atoms with E-state index in [2.05, 4.69) is 10.2 Å². The molecule has 0 saturated heterocycles. The second-order valence-corrected chi connectivity index (χ2v) is 5.07. The molecule has 2 aromatic rings. The monoisotopic (exact) mass is 293 g/mol. The highest BCUT2D eigenvalue weighted by molar-refractivity contribution is 5.96. The van der Waals surface area contributed by atoms with Crippen LogP contribution >= 0.6 is 0 Å². The topological polar surface area (TPSA) is 49.0 Å². The predicted molar refractivity (Wildman–Crippen MR) is 74.9 cm³/mol. The number of aryl methyl sites for hydroxylation is 2. The number of H-pyrrole nitrogens is 1. The van der Waals surface area contributed by atoms with Gasteiger partial charge in [-0.3, -0.25) is 9.89 Å². The lowest BCUT2D eigenvalue weighted by Crippen LogP contribution is -2.30. The quantitative estimate of drug-likeness (QED) is 0.945. The van der Waals surface area contributed by atoms with E-state index in [0.29, 0.717) is 22.5 Å². The number of carbonyl (C=O) groups excluding carboxylic acids is 1. The van der Waals surface area contributed by atoms with Gasteiger partial charge in [0.1, 0.15) is 0 Å². The summed E-state index contributed by atoms with van der Waals surface area (Å²) in [5.41, 5.74) is 2.33. The van der Waals surface area contributed by atoms with Gasteiger partial charge in [0.25, 0.3) is 5.91 Å². The van der Waals surface area contributed by atoms with Crippen molar-refractivity contribution in [3.8, 4) is 0 Å². The molecule has 1 unspecified atom stereocenters. The van der Waals surface area contributed by atoms with Crippen molar-refractivity contribution in [2.24, 2.45) is 0 Å². The Balaban J connectivity index is 2.28. The van der Waals surface area contributed by atoms with E-state index in [9.17, 15) is 13.6 Å². The molecule has 6 heteroatoms. The molecule has 0 aliphatic heterocycles. The molecule has 0 bridgehead atoms. The molecule has 4 nitrogen and oxygen atoms in total. The van der Waals surface area contributed by atoms with Gasteiger partial charge in [-0.1, -0.05) is 6.07 Å². The fourth-order valence-electron chi connectivity index (χ4n) is 2.21. The van der Waals surface area contributed by atoms with Gasteiger partial charge in [0.05, 0.1) is 17.3 Å². The molecule has 0 saturated carbocycles. The number of rotatable bonds is 3. The molecular formula is C15H17F2N3O. The van der Waals surface area contributed by atoms with Crippen molar-refractivity contribution in [2.45, 2.75) is 26.8 Å².